The van der Waals surface area contributed by atoms with Crippen LogP contribution in [0.1, 0.15) is 30.7 Å². The van der Waals surface area contributed by atoms with E-state index < -0.39 is 10.0 Å². The third-order valence-electron chi connectivity index (χ3n) is 3.64. The van der Waals surface area contributed by atoms with Crippen LogP contribution in [0.25, 0.3) is 0 Å². The van der Waals surface area contributed by atoms with E-state index in [1.807, 2.05) is 0 Å². The molecule has 22 heavy (non-hydrogen) atoms. The fourth-order valence-electron chi connectivity index (χ4n) is 2.52. The van der Waals surface area contributed by atoms with Gasteiger partial charge in [-0.25, -0.2) is 13.4 Å². The van der Waals surface area contributed by atoms with Crippen molar-refractivity contribution < 1.29 is 13.2 Å². The largest absolute Gasteiger partial charge is 0.354 e. The average molecular weight is 346 g/mol. The Hall–Kier alpha value is -1.03. The molecule has 0 bridgehead atoms. The van der Waals surface area contributed by atoms with E-state index in [1.54, 1.807) is 6.92 Å². The van der Waals surface area contributed by atoms with Crippen molar-refractivity contribution >= 4 is 27.3 Å². The number of hydrogen-bond donors (Lipinski definition) is 2. The number of carbonyl (C=O) groups is 1. The Morgan fingerprint density at radius 1 is 1.55 bits per heavy atom. The summed E-state index contributed by atoms with van der Waals surface area (Å²) in [5.41, 5.74) is 5.34. The van der Waals surface area contributed by atoms with Crippen LogP contribution in [0.5, 0.6) is 0 Å². The number of amides is 1. The van der Waals surface area contributed by atoms with Gasteiger partial charge in [-0.2, -0.15) is 4.31 Å². The van der Waals surface area contributed by atoms with Crippen LogP contribution < -0.4 is 11.1 Å². The van der Waals surface area contributed by atoms with Crippen LogP contribution in [-0.4, -0.2) is 49.3 Å². The molecule has 1 aromatic rings. The first kappa shape index (κ1) is 17.3. The van der Waals surface area contributed by atoms with E-state index in [0.29, 0.717) is 19.6 Å². The van der Waals surface area contributed by atoms with Crippen molar-refractivity contribution in [2.75, 3.05) is 19.6 Å². The van der Waals surface area contributed by atoms with Gasteiger partial charge in [0.2, 0.25) is 5.91 Å². The third kappa shape index (κ3) is 4.03. The Morgan fingerprint density at radius 3 is 2.95 bits per heavy atom. The van der Waals surface area contributed by atoms with Gasteiger partial charge in [0.15, 0.2) is 4.21 Å². The number of nitrogens with one attached hydrogen (secondary N) is 1. The zero-order chi connectivity index (χ0) is 16.2. The SMILES string of the molecule is Cc1ncc(S(=O)(=O)N2CCCCC2CNC(=O)CCN)s1. The summed E-state index contributed by atoms with van der Waals surface area (Å²) in [6, 6.07) is -0.206. The molecule has 1 aliphatic rings. The van der Waals surface area contributed by atoms with Gasteiger partial charge < -0.3 is 11.1 Å². The third-order valence-corrected chi connectivity index (χ3v) is 6.94. The molecular formula is C13H22N4O3S2. The first-order valence-corrected chi connectivity index (χ1v) is 9.62. The minimum absolute atomic E-state index is 0.140. The Labute approximate surface area is 135 Å². The highest BCUT2D eigenvalue weighted by molar-refractivity contribution is 7.91. The number of sulfonamides is 1. The lowest BCUT2D eigenvalue weighted by Gasteiger charge is -2.34. The first-order valence-electron chi connectivity index (χ1n) is 7.36. The molecule has 1 aromatic heterocycles. The molecule has 1 unspecified atom stereocenters. The molecular weight excluding hydrogens is 324 g/mol. The van der Waals surface area contributed by atoms with Crippen molar-refractivity contribution in [1.82, 2.24) is 14.6 Å². The number of nitrogens with zero attached hydrogens (tertiary/aromatic N) is 2. The number of carbonyl (C=O) groups excluding carboxylic acids is 1. The van der Waals surface area contributed by atoms with Crippen LogP contribution in [0.2, 0.25) is 0 Å². The standard InChI is InChI=1S/C13H22N4O3S2/c1-10-15-9-13(21-10)22(19,20)17-7-3-2-4-11(17)8-16-12(18)5-6-14/h9,11H,2-8,14H2,1H3,(H,16,18). The molecule has 1 saturated heterocycles. The van der Waals surface area contributed by atoms with Crippen LogP contribution in [0, 0.1) is 6.92 Å². The van der Waals surface area contributed by atoms with Gasteiger partial charge in [0, 0.05) is 32.1 Å². The molecule has 0 aliphatic carbocycles. The summed E-state index contributed by atoms with van der Waals surface area (Å²) < 4.78 is 27.3. The summed E-state index contributed by atoms with van der Waals surface area (Å²) in [5, 5.41) is 3.50. The molecule has 9 heteroatoms. The van der Waals surface area contributed by atoms with Crippen molar-refractivity contribution in [2.24, 2.45) is 5.73 Å². The molecule has 1 aliphatic heterocycles. The normalized spacial score (nSPS) is 20.0. The number of aryl methyl sites for hydroxylation is 1. The molecule has 124 valence electrons. The van der Waals surface area contributed by atoms with Crippen molar-refractivity contribution in [1.29, 1.82) is 0 Å². The molecule has 1 amide bonds. The molecule has 2 heterocycles. The number of rotatable bonds is 6. The van der Waals surface area contributed by atoms with Gasteiger partial charge in [-0.3, -0.25) is 4.79 Å². The molecule has 0 aromatic carbocycles. The van der Waals surface area contributed by atoms with Gasteiger partial charge >= 0.3 is 0 Å². The number of piperidine rings is 1. The van der Waals surface area contributed by atoms with E-state index >= 15 is 0 Å². The van der Waals surface area contributed by atoms with Crippen LogP contribution >= 0.6 is 11.3 Å². The highest BCUT2D eigenvalue weighted by atomic mass is 32.2. The van der Waals surface area contributed by atoms with E-state index in [1.165, 1.54) is 21.8 Å². The lowest BCUT2D eigenvalue weighted by molar-refractivity contribution is -0.121. The second-order valence-corrected chi connectivity index (χ2v) is 8.66. The van der Waals surface area contributed by atoms with Crippen molar-refractivity contribution in [3.05, 3.63) is 11.2 Å². The minimum atomic E-state index is -3.54. The van der Waals surface area contributed by atoms with E-state index in [0.717, 1.165) is 24.3 Å². The molecule has 0 radical (unpaired) electrons. The smallest absolute Gasteiger partial charge is 0.254 e. The monoisotopic (exact) mass is 346 g/mol. The van der Waals surface area contributed by atoms with E-state index in [-0.39, 0.29) is 22.6 Å². The van der Waals surface area contributed by atoms with Crippen LogP contribution in [0.3, 0.4) is 0 Å². The maximum absolute atomic E-state index is 12.7. The molecule has 2 rings (SSSR count). The van der Waals surface area contributed by atoms with Gasteiger partial charge in [-0.05, 0) is 19.8 Å². The average Bonchev–Trinajstić information content (AvgIpc) is 2.93. The molecule has 7 nitrogen and oxygen atoms in total. The maximum atomic E-state index is 12.7. The molecule has 1 fully saturated rings. The van der Waals surface area contributed by atoms with Gasteiger partial charge in [0.25, 0.3) is 10.0 Å². The zero-order valence-corrected chi connectivity index (χ0v) is 14.3. The van der Waals surface area contributed by atoms with Crippen molar-refractivity contribution in [3.63, 3.8) is 0 Å². The van der Waals surface area contributed by atoms with Crippen LogP contribution in [0.4, 0.5) is 0 Å². The predicted octanol–water partition coefficient (Wildman–Crippen LogP) is 0.460. The van der Waals surface area contributed by atoms with Gasteiger partial charge in [0.1, 0.15) is 0 Å². The van der Waals surface area contributed by atoms with Crippen LogP contribution in [0.15, 0.2) is 10.4 Å². The second kappa shape index (κ2) is 7.49. The summed E-state index contributed by atoms with van der Waals surface area (Å²) >= 11 is 1.18. The van der Waals surface area contributed by atoms with Gasteiger partial charge in [-0.15, -0.1) is 11.3 Å². The Morgan fingerprint density at radius 2 is 2.32 bits per heavy atom. The minimum Gasteiger partial charge on any atom is -0.354 e. The zero-order valence-electron chi connectivity index (χ0n) is 12.6. The summed E-state index contributed by atoms with van der Waals surface area (Å²) in [6.07, 6.45) is 4.22. The first-order chi connectivity index (χ1) is 10.4. The maximum Gasteiger partial charge on any atom is 0.254 e. The lowest BCUT2D eigenvalue weighted by atomic mass is 10.1. The van der Waals surface area contributed by atoms with Crippen LogP contribution in [-0.2, 0) is 14.8 Å². The van der Waals surface area contributed by atoms with E-state index in [9.17, 15) is 13.2 Å². The number of thiazole rings is 1. The fraction of sp³-hybridized carbons (Fsp3) is 0.692. The highest BCUT2D eigenvalue weighted by Gasteiger charge is 2.34. The number of hydrogen-bond acceptors (Lipinski definition) is 6. The van der Waals surface area contributed by atoms with E-state index in [4.69, 9.17) is 5.73 Å². The summed E-state index contributed by atoms with van der Waals surface area (Å²) in [5.74, 6) is -0.140. The lowest BCUT2D eigenvalue weighted by Crippen LogP contribution is -2.49. The second-order valence-electron chi connectivity index (χ2n) is 5.31. The highest BCUT2D eigenvalue weighted by Crippen LogP contribution is 2.28. The molecule has 0 saturated carbocycles. The molecule has 3 N–H and O–H groups in total. The fourth-order valence-corrected chi connectivity index (χ4v) is 5.45. The molecule has 0 spiro atoms. The Kier molecular flexibility index (Phi) is 5.90. The van der Waals surface area contributed by atoms with Gasteiger partial charge in [-0.1, -0.05) is 6.42 Å². The van der Waals surface area contributed by atoms with Crippen molar-refractivity contribution in [3.8, 4) is 0 Å². The van der Waals surface area contributed by atoms with Crippen molar-refractivity contribution in [2.45, 2.75) is 42.9 Å². The Balaban J connectivity index is 2.10. The Bertz CT molecular complexity index is 615. The number of aromatic nitrogens is 1. The van der Waals surface area contributed by atoms with E-state index in [2.05, 4.69) is 10.3 Å². The predicted molar refractivity (Wildman–Crippen MR) is 85.1 cm³/mol. The topological polar surface area (TPSA) is 105 Å². The quantitative estimate of drug-likeness (QED) is 0.778. The molecule has 1 atom stereocenters. The number of nitrogens with two attached hydrogens (primary N) is 1. The summed E-state index contributed by atoms with van der Waals surface area (Å²) in [4.78, 5) is 15.6. The summed E-state index contributed by atoms with van der Waals surface area (Å²) in [7, 11) is -3.54. The van der Waals surface area contributed by atoms with Gasteiger partial charge in [0.05, 0.1) is 11.2 Å². The summed E-state index contributed by atoms with van der Waals surface area (Å²) in [6.45, 7) is 2.88.